The summed E-state index contributed by atoms with van der Waals surface area (Å²) in [6, 6.07) is 0. The maximum Gasteiger partial charge on any atom is 0.110 e. The Balaban J connectivity index is 2.05. The Labute approximate surface area is 61.5 Å². The van der Waals surface area contributed by atoms with Crippen molar-refractivity contribution in [1.82, 2.24) is 0 Å². The van der Waals surface area contributed by atoms with E-state index in [4.69, 9.17) is 9.47 Å². The van der Waals surface area contributed by atoms with Crippen LogP contribution in [0.4, 0.5) is 0 Å². The van der Waals surface area contributed by atoms with E-state index < -0.39 is 0 Å². The molecule has 2 heteroatoms. The second-order valence-corrected chi connectivity index (χ2v) is 3.47. The molecule has 0 saturated carbocycles. The van der Waals surface area contributed by atoms with Gasteiger partial charge in [0.05, 0.1) is 18.3 Å². The van der Waals surface area contributed by atoms with E-state index >= 15 is 0 Å². The Hall–Kier alpha value is -0.0800. The van der Waals surface area contributed by atoms with E-state index in [2.05, 4.69) is 20.8 Å². The summed E-state index contributed by atoms with van der Waals surface area (Å²) in [6.45, 7) is 6.41. The van der Waals surface area contributed by atoms with Gasteiger partial charge < -0.3 is 9.47 Å². The smallest absolute Gasteiger partial charge is 0.110 e. The lowest BCUT2D eigenvalue weighted by molar-refractivity contribution is -0.0427. The molecule has 0 spiro atoms. The number of fused-ring (bicyclic) bond motifs is 1. The van der Waals surface area contributed by atoms with E-state index in [9.17, 15) is 0 Å². The SMILES string of the molecule is CC1OC(C)C2OC2C1C. The van der Waals surface area contributed by atoms with E-state index in [1.807, 2.05) is 0 Å². The van der Waals surface area contributed by atoms with Crippen LogP contribution in [0.2, 0.25) is 0 Å². The molecule has 0 aromatic rings. The van der Waals surface area contributed by atoms with Gasteiger partial charge in [-0.25, -0.2) is 0 Å². The lowest BCUT2D eigenvalue weighted by Crippen LogP contribution is -2.36. The zero-order chi connectivity index (χ0) is 7.30. The first-order chi connectivity index (χ1) is 4.70. The molecule has 58 valence electrons. The zero-order valence-corrected chi connectivity index (χ0v) is 6.70. The lowest BCUT2D eigenvalue weighted by atomic mass is 9.95. The number of hydrogen-bond donors (Lipinski definition) is 0. The lowest BCUT2D eigenvalue weighted by Gasteiger charge is -2.26. The molecule has 5 unspecified atom stereocenters. The Morgan fingerprint density at radius 1 is 0.800 bits per heavy atom. The molecule has 0 aliphatic carbocycles. The van der Waals surface area contributed by atoms with Crippen molar-refractivity contribution in [3.63, 3.8) is 0 Å². The van der Waals surface area contributed by atoms with Crippen LogP contribution in [0.25, 0.3) is 0 Å². The van der Waals surface area contributed by atoms with Crippen LogP contribution < -0.4 is 0 Å². The third-order valence-electron chi connectivity index (χ3n) is 2.71. The third kappa shape index (κ3) is 0.789. The van der Waals surface area contributed by atoms with Crippen LogP contribution in [-0.2, 0) is 9.47 Å². The first-order valence-corrected chi connectivity index (χ1v) is 4.01. The molecule has 10 heavy (non-hydrogen) atoms. The van der Waals surface area contributed by atoms with Crippen LogP contribution in [0.5, 0.6) is 0 Å². The van der Waals surface area contributed by atoms with Gasteiger partial charge in [-0.2, -0.15) is 0 Å². The Morgan fingerprint density at radius 2 is 1.50 bits per heavy atom. The second-order valence-electron chi connectivity index (χ2n) is 3.47. The predicted octanol–water partition coefficient (Wildman–Crippen LogP) is 1.20. The van der Waals surface area contributed by atoms with Crippen LogP contribution >= 0.6 is 0 Å². The van der Waals surface area contributed by atoms with Crippen LogP contribution in [0.3, 0.4) is 0 Å². The summed E-state index contributed by atoms with van der Waals surface area (Å²) < 4.78 is 11.1. The highest BCUT2D eigenvalue weighted by molar-refractivity contribution is 4.98. The molecule has 0 amide bonds. The molecule has 0 N–H and O–H groups in total. The molecule has 5 atom stereocenters. The third-order valence-corrected chi connectivity index (χ3v) is 2.71. The van der Waals surface area contributed by atoms with Crippen molar-refractivity contribution in [3.8, 4) is 0 Å². The molecule has 0 aromatic heterocycles. The summed E-state index contributed by atoms with van der Waals surface area (Å²) >= 11 is 0. The molecule has 2 heterocycles. The fraction of sp³-hybridized carbons (Fsp3) is 1.00. The standard InChI is InChI=1S/C8H14O2/c1-4-5(2)9-6(3)8-7(4)10-8/h4-8H,1-3H3. The Bertz CT molecular complexity index is 144. The van der Waals surface area contributed by atoms with Crippen molar-refractivity contribution in [2.75, 3.05) is 0 Å². The monoisotopic (exact) mass is 142 g/mol. The van der Waals surface area contributed by atoms with Gasteiger partial charge in [0.15, 0.2) is 0 Å². The van der Waals surface area contributed by atoms with Gasteiger partial charge in [-0.05, 0) is 13.8 Å². The van der Waals surface area contributed by atoms with Crippen molar-refractivity contribution in [3.05, 3.63) is 0 Å². The summed E-state index contributed by atoms with van der Waals surface area (Å²) in [5.74, 6) is 0.584. The van der Waals surface area contributed by atoms with E-state index in [1.54, 1.807) is 0 Å². The van der Waals surface area contributed by atoms with Gasteiger partial charge in [0.25, 0.3) is 0 Å². The van der Waals surface area contributed by atoms with Crippen molar-refractivity contribution in [2.24, 2.45) is 5.92 Å². The average Bonchev–Trinajstić information content (AvgIpc) is 2.61. The van der Waals surface area contributed by atoms with Gasteiger partial charge in [0.1, 0.15) is 6.10 Å². The van der Waals surface area contributed by atoms with Gasteiger partial charge in [0, 0.05) is 5.92 Å². The molecule has 2 aliphatic rings. The van der Waals surface area contributed by atoms with Gasteiger partial charge in [-0.3, -0.25) is 0 Å². The molecular weight excluding hydrogens is 128 g/mol. The highest BCUT2D eigenvalue weighted by atomic mass is 16.6. The van der Waals surface area contributed by atoms with Crippen LogP contribution in [0.1, 0.15) is 20.8 Å². The molecule has 2 aliphatic heterocycles. The number of rotatable bonds is 0. The van der Waals surface area contributed by atoms with Crippen LogP contribution in [-0.4, -0.2) is 24.4 Å². The molecule has 0 radical (unpaired) electrons. The van der Waals surface area contributed by atoms with Gasteiger partial charge in [-0.1, -0.05) is 6.92 Å². The number of ether oxygens (including phenoxy) is 2. The highest BCUT2D eigenvalue weighted by Crippen LogP contribution is 2.40. The average molecular weight is 142 g/mol. The first kappa shape index (κ1) is 6.62. The maximum atomic E-state index is 5.63. The van der Waals surface area contributed by atoms with E-state index in [0.717, 1.165) is 0 Å². The molecule has 0 bridgehead atoms. The minimum atomic E-state index is 0.316. The zero-order valence-electron chi connectivity index (χ0n) is 6.70. The van der Waals surface area contributed by atoms with Crippen molar-refractivity contribution >= 4 is 0 Å². The molecule has 2 rings (SSSR count). The van der Waals surface area contributed by atoms with E-state index in [-0.39, 0.29) is 0 Å². The second kappa shape index (κ2) is 1.95. The van der Waals surface area contributed by atoms with Crippen molar-refractivity contribution < 1.29 is 9.47 Å². The van der Waals surface area contributed by atoms with Crippen LogP contribution in [0, 0.1) is 5.92 Å². The van der Waals surface area contributed by atoms with E-state index in [1.165, 1.54) is 0 Å². The summed E-state index contributed by atoms with van der Waals surface area (Å²) in [7, 11) is 0. The van der Waals surface area contributed by atoms with Crippen molar-refractivity contribution in [2.45, 2.75) is 45.2 Å². The number of epoxide rings is 1. The first-order valence-electron chi connectivity index (χ1n) is 4.01. The molecule has 0 aromatic carbocycles. The normalized spacial score (nSPS) is 59.7. The minimum Gasteiger partial charge on any atom is -0.372 e. The molecule has 2 nitrogen and oxygen atoms in total. The summed E-state index contributed by atoms with van der Waals surface area (Å²) in [4.78, 5) is 0. The van der Waals surface area contributed by atoms with E-state index in [0.29, 0.717) is 30.3 Å². The Morgan fingerprint density at radius 3 is 2.20 bits per heavy atom. The van der Waals surface area contributed by atoms with Gasteiger partial charge >= 0.3 is 0 Å². The van der Waals surface area contributed by atoms with Gasteiger partial charge in [-0.15, -0.1) is 0 Å². The minimum absolute atomic E-state index is 0.316. The molecule has 2 saturated heterocycles. The summed E-state index contributed by atoms with van der Waals surface area (Å²) in [5.41, 5.74) is 0. The Kier molecular flexibility index (Phi) is 1.29. The fourth-order valence-electron chi connectivity index (χ4n) is 1.74. The van der Waals surface area contributed by atoms with Crippen molar-refractivity contribution in [1.29, 1.82) is 0 Å². The topological polar surface area (TPSA) is 21.8 Å². The molecule has 2 fully saturated rings. The maximum absolute atomic E-state index is 5.63. The van der Waals surface area contributed by atoms with Gasteiger partial charge in [0.2, 0.25) is 0 Å². The quantitative estimate of drug-likeness (QED) is 0.474. The highest BCUT2D eigenvalue weighted by Gasteiger charge is 2.52. The number of hydrogen-bond acceptors (Lipinski definition) is 2. The summed E-state index contributed by atoms with van der Waals surface area (Å²) in [6.07, 6.45) is 1.60. The predicted molar refractivity (Wildman–Crippen MR) is 37.8 cm³/mol. The largest absolute Gasteiger partial charge is 0.372 e. The fourth-order valence-corrected chi connectivity index (χ4v) is 1.74. The summed E-state index contributed by atoms with van der Waals surface area (Å²) in [5, 5.41) is 0. The molecular formula is C8H14O2. The van der Waals surface area contributed by atoms with Crippen LogP contribution in [0.15, 0.2) is 0 Å².